The maximum Gasteiger partial charge on any atom is 0.165 e. The number of ketones is 2. The molecule has 0 unspecified atom stereocenters. The molecule has 0 radical (unpaired) electrons. The van der Waals surface area contributed by atoms with E-state index in [0.29, 0.717) is 31.4 Å². The van der Waals surface area contributed by atoms with Gasteiger partial charge in [-0.3, -0.25) is 14.4 Å². The van der Waals surface area contributed by atoms with Crippen LogP contribution in [0.25, 0.3) is 0 Å². The lowest BCUT2D eigenvalue weighted by Crippen LogP contribution is -2.74. The molecule has 2 saturated heterocycles. The number of Topliss-reactive ketones (excluding diaryl/α,β-unsaturated/α-hetero) is 2. The van der Waals surface area contributed by atoms with Crippen molar-refractivity contribution in [2.24, 2.45) is 34.5 Å². The second-order valence-corrected chi connectivity index (χ2v) is 9.03. The lowest BCUT2D eigenvalue weighted by atomic mass is 9.40. The van der Waals surface area contributed by atoms with Crippen molar-refractivity contribution in [2.75, 3.05) is 6.61 Å². The first kappa shape index (κ1) is 17.1. The summed E-state index contributed by atoms with van der Waals surface area (Å²) in [5, 5.41) is 10.9. The summed E-state index contributed by atoms with van der Waals surface area (Å²) in [5.74, 6) is -0.900. The van der Waals surface area contributed by atoms with Crippen LogP contribution in [0.15, 0.2) is 12.2 Å². The Morgan fingerprint density at radius 1 is 1.32 bits per heavy atom. The number of rotatable bonds is 2. The molecule has 7 atom stereocenters. The van der Waals surface area contributed by atoms with Crippen LogP contribution in [-0.2, 0) is 19.1 Å². The van der Waals surface area contributed by atoms with Crippen LogP contribution in [-0.4, -0.2) is 41.8 Å². The van der Waals surface area contributed by atoms with E-state index in [1.165, 1.54) is 0 Å². The highest BCUT2D eigenvalue weighted by Crippen LogP contribution is 2.65. The largest absolute Gasteiger partial charge is 0.385 e. The number of carbonyl (C=O) groups is 3. The minimum Gasteiger partial charge on any atom is -0.385 e. The molecule has 5 rings (SSSR count). The molecule has 1 spiro atoms. The van der Waals surface area contributed by atoms with Crippen molar-refractivity contribution < 1.29 is 24.2 Å². The third-order valence-corrected chi connectivity index (χ3v) is 7.76. The summed E-state index contributed by atoms with van der Waals surface area (Å²) >= 11 is 0. The maximum atomic E-state index is 13.1. The number of allylic oxidation sites excluding steroid dienone is 1. The van der Waals surface area contributed by atoms with Crippen molar-refractivity contribution in [3.8, 4) is 0 Å². The van der Waals surface area contributed by atoms with Crippen molar-refractivity contribution in [1.29, 1.82) is 0 Å². The summed E-state index contributed by atoms with van der Waals surface area (Å²) in [6, 6.07) is 0. The smallest absolute Gasteiger partial charge is 0.165 e. The zero-order chi connectivity index (χ0) is 18.1. The number of aliphatic hydroxyl groups is 1. The van der Waals surface area contributed by atoms with E-state index in [-0.39, 0.29) is 41.3 Å². The van der Waals surface area contributed by atoms with Crippen molar-refractivity contribution in [3.05, 3.63) is 12.2 Å². The molecule has 2 heterocycles. The van der Waals surface area contributed by atoms with Gasteiger partial charge in [-0.2, -0.15) is 0 Å². The van der Waals surface area contributed by atoms with Gasteiger partial charge in [-0.1, -0.05) is 20.4 Å². The number of carbonyl (C=O) groups excluding carboxylic acids is 3. The molecule has 5 nitrogen and oxygen atoms in total. The molecule has 1 N–H and O–H groups in total. The average molecular weight is 346 g/mol. The van der Waals surface area contributed by atoms with Gasteiger partial charge < -0.3 is 9.84 Å². The Balaban J connectivity index is 1.78. The Kier molecular flexibility index (Phi) is 3.65. The van der Waals surface area contributed by atoms with E-state index in [4.69, 9.17) is 4.74 Å². The monoisotopic (exact) mass is 346 g/mol. The number of hydrogen-bond acceptors (Lipinski definition) is 5. The number of aldehydes is 1. The lowest BCUT2D eigenvalue weighted by molar-refractivity contribution is -0.261. The molecule has 5 aliphatic rings. The number of fused-ring (bicyclic) bond motifs is 3. The fraction of sp³-hybridized carbons (Fsp3) is 0.750. The molecule has 5 fully saturated rings. The van der Waals surface area contributed by atoms with Gasteiger partial charge in [0.15, 0.2) is 5.78 Å². The molecular formula is C20H26O5. The molecule has 0 amide bonds. The van der Waals surface area contributed by atoms with Gasteiger partial charge in [0.05, 0.1) is 18.1 Å². The maximum absolute atomic E-state index is 13.1. The predicted molar refractivity (Wildman–Crippen MR) is 89.6 cm³/mol. The number of ether oxygens (including phenoxy) is 1. The first-order chi connectivity index (χ1) is 11.7. The van der Waals surface area contributed by atoms with Crippen LogP contribution >= 0.6 is 0 Å². The molecule has 25 heavy (non-hydrogen) atoms. The van der Waals surface area contributed by atoms with Gasteiger partial charge in [0, 0.05) is 18.3 Å². The van der Waals surface area contributed by atoms with E-state index >= 15 is 0 Å². The van der Waals surface area contributed by atoms with E-state index in [9.17, 15) is 19.5 Å². The van der Waals surface area contributed by atoms with Gasteiger partial charge in [0.1, 0.15) is 18.2 Å². The summed E-state index contributed by atoms with van der Waals surface area (Å²) in [5.41, 5.74) is -0.658. The van der Waals surface area contributed by atoms with Gasteiger partial charge in [-0.25, -0.2) is 0 Å². The molecule has 0 aromatic heterocycles. The second kappa shape index (κ2) is 5.34. The van der Waals surface area contributed by atoms with Crippen LogP contribution in [0.3, 0.4) is 0 Å². The Hall–Kier alpha value is -1.33. The number of hydrogen-bond donors (Lipinski definition) is 1. The Morgan fingerprint density at radius 2 is 2.04 bits per heavy atom. The van der Waals surface area contributed by atoms with Gasteiger partial charge in [-0.05, 0) is 42.1 Å². The summed E-state index contributed by atoms with van der Waals surface area (Å²) in [7, 11) is 0. The van der Waals surface area contributed by atoms with E-state index < -0.39 is 16.9 Å². The van der Waals surface area contributed by atoms with E-state index in [2.05, 4.69) is 6.58 Å². The fourth-order valence-electron chi connectivity index (χ4n) is 6.49. The zero-order valence-electron chi connectivity index (χ0n) is 14.9. The topological polar surface area (TPSA) is 80.7 Å². The highest BCUT2D eigenvalue weighted by molar-refractivity contribution is 5.95. The predicted octanol–water partition coefficient (Wildman–Crippen LogP) is 1.72. The van der Waals surface area contributed by atoms with E-state index in [1.807, 2.05) is 13.8 Å². The fourth-order valence-corrected chi connectivity index (χ4v) is 6.49. The van der Waals surface area contributed by atoms with Crippen LogP contribution in [0.4, 0.5) is 0 Å². The standard InChI is InChI=1S/C20H26O5/c1-10(8-21)11-4-5-13-12(6-11)16(23)17(24)18-19(2,3)15-7-14(22)20(13,18)9-25-15/h8,11-13,15,17-18,24H,1,4-7,9H2,2-3H3/t11-,12-,13-,15+,17-,18-,20-/m1/s1. The van der Waals surface area contributed by atoms with Crippen LogP contribution in [0.2, 0.25) is 0 Å². The third kappa shape index (κ3) is 2.00. The summed E-state index contributed by atoms with van der Waals surface area (Å²) < 4.78 is 6.03. The minimum atomic E-state index is -1.13. The SMILES string of the molecule is C=C(C=O)[C@@H]1CC[C@@H]2[C@@H](C1)C(=O)[C@@H](O)[C@@H]1C(C)(C)[C@@H]3CC(=O)[C@@]21CO3. The number of aliphatic hydroxyl groups excluding tert-OH is 1. The molecular weight excluding hydrogens is 320 g/mol. The Morgan fingerprint density at radius 3 is 2.68 bits per heavy atom. The lowest BCUT2D eigenvalue weighted by Gasteiger charge is -2.66. The zero-order valence-corrected chi connectivity index (χ0v) is 14.9. The van der Waals surface area contributed by atoms with Crippen LogP contribution in [0.5, 0.6) is 0 Å². The van der Waals surface area contributed by atoms with E-state index in [0.717, 1.165) is 12.7 Å². The minimum absolute atomic E-state index is 0.0354. The Bertz CT molecular complexity index is 665. The molecule has 2 bridgehead atoms. The first-order valence-corrected chi connectivity index (χ1v) is 9.25. The molecule has 0 aromatic rings. The van der Waals surface area contributed by atoms with Gasteiger partial charge in [0.25, 0.3) is 0 Å². The second-order valence-electron chi connectivity index (χ2n) is 9.03. The highest BCUT2D eigenvalue weighted by atomic mass is 16.5. The van der Waals surface area contributed by atoms with E-state index in [1.54, 1.807) is 0 Å². The normalized spacial score (nSPS) is 47.8. The molecule has 2 aliphatic heterocycles. The van der Waals surface area contributed by atoms with Crippen molar-refractivity contribution >= 4 is 17.9 Å². The first-order valence-electron chi connectivity index (χ1n) is 9.25. The van der Waals surface area contributed by atoms with Crippen molar-refractivity contribution in [3.63, 3.8) is 0 Å². The highest BCUT2D eigenvalue weighted by Gasteiger charge is 2.72. The van der Waals surface area contributed by atoms with Crippen LogP contribution < -0.4 is 0 Å². The molecule has 5 heteroatoms. The average Bonchev–Trinajstić information content (AvgIpc) is 2.59. The quantitative estimate of drug-likeness (QED) is 0.608. The van der Waals surface area contributed by atoms with Gasteiger partial charge in [-0.15, -0.1) is 0 Å². The van der Waals surface area contributed by atoms with Gasteiger partial charge >= 0.3 is 0 Å². The van der Waals surface area contributed by atoms with Crippen LogP contribution in [0.1, 0.15) is 39.5 Å². The summed E-state index contributed by atoms with van der Waals surface area (Å²) in [4.78, 5) is 37.2. The third-order valence-electron chi connectivity index (χ3n) is 7.76. The van der Waals surface area contributed by atoms with Crippen LogP contribution in [0, 0.1) is 34.5 Å². The molecule has 0 aromatic carbocycles. The van der Waals surface area contributed by atoms with Crippen molar-refractivity contribution in [1.82, 2.24) is 0 Å². The summed E-state index contributed by atoms with van der Waals surface area (Å²) in [6.45, 7) is 8.15. The molecule has 3 saturated carbocycles. The summed E-state index contributed by atoms with van der Waals surface area (Å²) in [6.07, 6.45) is 1.74. The molecule has 136 valence electrons. The molecule has 3 aliphatic carbocycles. The van der Waals surface area contributed by atoms with Gasteiger partial charge in [0.2, 0.25) is 0 Å². The Labute approximate surface area is 147 Å². The van der Waals surface area contributed by atoms with Crippen molar-refractivity contribution in [2.45, 2.75) is 51.7 Å².